The Bertz CT molecular complexity index is 638. The molecule has 1 heterocycles. The molecule has 2 aromatic rings. The van der Waals surface area contributed by atoms with Crippen LogP contribution >= 0.6 is 0 Å². The van der Waals surface area contributed by atoms with Gasteiger partial charge < -0.3 is 15.8 Å². The van der Waals surface area contributed by atoms with Crippen LogP contribution in [-0.2, 0) is 13.0 Å². The van der Waals surface area contributed by atoms with E-state index in [1.807, 2.05) is 24.3 Å². The highest BCUT2D eigenvalue weighted by Gasteiger charge is 2.04. The number of aromatic nitrogens is 1. The summed E-state index contributed by atoms with van der Waals surface area (Å²) in [5.41, 5.74) is 9.09. The lowest BCUT2D eigenvalue weighted by Crippen LogP contribution is -2.22. The molecule has 0 spiro atoms. The molecule has 3 N–H and O–H groups in total. The monoisotopic (exact) mass is 312 g/mol. The molecule has 0 aliphatic carbocycles. The molecule has 5 nitrogen and oxygen atoms in total. The number of nitrogens with one attached hydrogen (secondary N) is 1. The van der Waals surface area contributed by atoms with Crippen LogP contribution in [0.2, 0.25) is 0 Å². The Balaban J connectivity index is 1.98. The average Bonchev–Trinajstić information content (AvgIpc) is 2.59. The molecule has 0 bridgehead atoms. The zero-order valence-electron chi connectivity index (χ0n) is 13.7. The van der Waals surface area contributed by atoms with Gasteiger partial charge in [-0.05, 0) is 36.6 Å². The highest BCUT2D eigenvalue weighted by Crippen LogP contribution is 2.16. The molecule has 0 aliphatic rings. The van der Waals surface area contributed by atoms with Crippen molar-refractivity contribution >= 4 is 11.6 Å². The first-order valence-electron chi connectivity index (χ1n) is 7.95. The second-order valence-electron chi connectivity index (χ2n) is 5.19. The van der Waals surface area contributed by atoms with Crippen molar-refractivity contribution in [2.45, 2.75) is 33.2 Å². The van der Waals surface area contributed by atoms with E-state index in [0.29, 0.717) is 25.0 Å². The van der Waals surface area contributed by atoms with Crippen LogP contribution in [0.15, 0.2) is 47.6 Å². The maximum atomic E-state index is 5.95. The van der Waals surface area contributed by atoms with E-state index in [-0.39, 0.29) is 0 Å². The molecule has 0 amide bonds. The zero-order valence-corrected chi connectivity index (χ0v) is 13.7. The normalized spacial score (nSPS) is 11.3. The minimum absolute atomic E-state index is 0.375. The van der Waals surface area contributed by atoms with Crippen molar-refractivity contribution in [2.24, 2.45) is 10.7 Å². The number of nitrogens with two attached hydrogens (primary N) is 1. The van der Waals surface area contributed by atoms with Crippen molar-refractivity contribution in [3.05, 3.63) is 53.7 Å². The van der Waals surface area contributed by atoms with Gasteiger partial charge in [0.1, 0.15) is 0 Å². The zero-order chi connectivity index (χ0) is 16.5. The summed E-state index contributed by atoms with van der Waals surface area (Å²) in [6.07, 6.45) is 3.68. The van der Waals surface area contributed by atoms with E-state index in [2.05, 4.69) is 41.3 Å². The van der Waals surface area contributed by atoms with Crippen LogP contribution in [0, 0.1) is 0 Å². The number of aliphatic imine (C=N–C) groups is 1. The van der Waals surface area contributed by atoms with Gasteiger partial charge in [-0.25, -0.2) is 9.98 Å². The molecule has 0 radical (unpaired) electrons. The van der Waals surface area contributed by atoms with E-state index in [0.717, 1.165) is 24.1 Å². The fourth-order valence-electron chi connectivity index (χ4n) is 2.05. The number of guanidine groups is 1. The van der Waals surface area contributed by atoms with E-state index in [1.54, 1.807) is 6.20 Å². The molecule has 0 saturated carbocycles. The van der Waals surface area contributed by atoms with Gasteiger partial charge in [-0.1, -0.05) is 32.0 Å². The Kier molecular flexibility index (Phi) is 6.41. The molecule has 0 saturated heterocycles. The van der Waals surface area contributed by atoms with Gasteiger partial charge in [-0.3, -0.25) is 0 Å². The molecule has 1 aromatic heterocycles. The highest BCUT2D eigenvalue weighted by molar-refractivity contribution is 5.92. The van der Waals surface area contributed by atoms with Crippen LogP contribution < -0.4 is 15.8 Å². The predicted molar refractivity (Wildman–Crippen MR) is 94.8 cm³/mol. The fraction of sp³-hybridized carbons (Fsp3) is 0.333. The summed E-state index contributed by atoms with van der Waals surface area (Å²) < 4.78 is 5.62. The quantitative estimate of drug-likeness (QED) is 0.607. The van der Waals surface area contributed by atoms with E-state index in [9.17, 15) is 0 Å². The average molecular weight is 312 g/mol. The molecule has 122 valence electrons. The van der Waals surface area contributed by atoms with Gasteiger partial charge in [-0.2, -0.15) is 0 Å². The van der Waals surface area contributed by atoms with E-state index < -0.39 is 0 Å². The van der Waals surface area contributed by atoms with Gasteiger partial charge >= 0.3 is 0 Å². The number of anilines is 1. The Morgan fingerprint density at radius 2 is 2.00 bits per heavy atom. The second-order valence-corrected chi connectivity index (χ2v) is 5.19. The maximum absolute atomic E-state index is 5.95. The van der Waals surface area contributed by atoms with Crippen LogP contribution in [0.5, 0.6) is 5.88 Å². The Morgan fingerprint density at radius 1 is 1.22 bits per heavy atom. The molecule has 5 heteroatoms. The number of hydrogen-bond donors (Lipinski definition) is 2. The van der Waals surface area contributed by atoms with E-state index in [4.69, 9.17) is 10.5 Å². The molecular formula is C18H24N4O. The molecule has 2 rings (SSSR count). The largest absolute Gasteiger partial charge is 0.477 e. The van der Waals surface area contributed by atoms with Crippen molar-refractivity contribution in [3.8, 4) is 5.88 Å². The summed E-state index contributed by atoms with van der Waals surface area (Å²) in [6.45, 7) is 5.26. The number of benzene rings is 1. The number of pyridine rings is 1. The van der Waals surface area contributed by atoms with Crippen molar-refractivity contribution in [1.82, 2.24) is 4.98 Å². The molecule has 23 heavy (non-hydrogen) atoms. The number of aryl methyl sites for hydroxylation is 1. The molecule has 0 unspecified atom stereocenters. The van der Waals surface area contributed by atoms with Crippen molar-refractivity contribution in [1.29, 1.82) is 0 Å². The van der Waals surface area contributed by atoms with Gasteiger partial charge in [0, 0.05) is 17.4 Å². The molecule has 0 fully saturated rings. The summed E-state index contributed by atoms with van der Waals surface area (Å²) >= 11 is 0. The molecule has 1 aromatic carbocycles. The lowest BCUT2D eigenvalue weighted by Gasteiger charge is -2.09. The summed E-state index contributed by atoms with van der Waals surface area (Å²) in [5.74, 6) is 0.998. The number of nitrogens with zero attached hydrogens (tertiary/aromatic N) is 2. The van der Waals surface area contributed by atoms with Gasteiger partial charge in [0.25, 0.3) is 0 Å². The smallest absolute Gasteiger partial charge is 0.218 e. The van der Waals surface area contributed by atoms with Gasteiger partial charge in [0.15, 0.2) is 5.96 Å². The fourth-order valence-corrected chi connectivity index (χ4v) is 2.05. The minimum atomic E-state index is 0.375. The topological polar surface area (TPSA) is 72.5 Å². The SMILES string of the molecule is CCCOc1ncccc1CN=C(N)Nc1ccc(CC)cc1. The maximum Gasteiger partial charge on any atom is 0.218 e. The third-order valence-electron chi connectivity index (χ3n) is 3.35. The first kappa shape index (κ1) is 16.8. The molecular weight excluding hydrogens is 288 g/mol. The van der Waals surface area contributed by atoms with Crippen LogP contribution in [-0.4, -0.2) is 17.6 Å². The molecule has 0 atom stereocenters. The molecule has 0 aliphatic heterocycles. The minimum Gasteiger partial charge on any atom is -0.477 e. The Hall–Kier alpha value is -2.56. The first-order chi connectivity index (χ1) is 11.2. The summed E-state index contributed by atoms with van der Waals surface area (Å²) in [6, 6.07) is 12.0. The first-order valence-corrected chi connectivity index (χ1v) is 7.95. The van der Waals surface area contributed by atoms with Crippen LogP contribution in [0.25, 0.3) is 0 Å². The summed E-state index contributed by atoms with van der Waals surface area (Å²) in [7, 11) is 0. The van der Waals surface area contributed by atoms with Crippen LogP contribution in [0.4, 0.5) is 5.69 Å². The van der Waals surface area contributed by atoms with Crippen LogP contribution in [0.3, 0.4) is 0 Å². The Morgan fingerprint density at radius 3 is 2.70 bits per heavy atom. The number of ether oxygens (including phenoxy) is 1. The third kappa shape index (κ3) is 5.29. The summed E-state index contributed by atoms with van der Waals surface area (Å²) in [5, 5.41) is 3.09. The van der Waals surface area contributed by atoms with E-state index in [1.165, 1.54) is 5.56 Å². The third-order valence-corrected chi connectivity index (χ3v) is 3.35. The van der Waals surface area contributed by atoms with Crippen molar-refractivity contribution in [3.63, 3.8) is 0 Å². The lowest BCUT2D eigenvalue weighted by atomic mass is 10.1. The van der Waals surface area contributed by atoms with Crippen LogP contribution in [0.1, 0.15) is 31.4 Å². The van der Waals surface area contributed by atoms with E-state index >= 15 is 0 Å². The van der Waals surface area contributed by atoms with Gasteiger partial charge in [0.2, 0.25) is 5.88 Å². The Labute approximate surface area is 137 Å². The van der Waals surface area contributed by atoms with Crippen molar-refractivity contribution < 1.29 is 4.74 Å². The standard InChI is InChI=1S/C18H24N4O/c1-3-12-23-17-15(6-5-11-20-17)13-21-18(19)22-16-9-7-14(4-2)8-10-16/h5-11H,3-4,12-13H2,1-2H3,(H3,19,21,22). The van der Waals surface area contributed by atoms with Gasteiger partial charge in [-0.15, -0.1) is 0 Å². The summed E-state index contributed by atoms with van der Waals surface area (Å²) in [4.78, 5) is 8.61. The van der Waals surface area contributed by atoms with Gasteiger partial charge in [0.05, 0.1) is 13.2 Å². The predicted octanol–water partition coefficient (Wildman–Crippen LogP) is 3.36. The number of hydrogen-bond acceptors (Lipinski definition) is 3. The second kappa shape index (κ2) is 8.78. The van der Waals surface area contributed by atoms with Crippen molar-refractivity contribution in [2.75, 3.05) is 11.9 Å². The highest BCUT2D eigenvalue weighted by atomic mass is 16.5. The number of rotatable bonds is 7. The lowest BCUT2D eigenvalue weighted by molar-refractivity contribution is 0.302.